The molecule has 0 radical (unpaired) electrons. The largest absolute Gasteiger partial charge is 0.396 e. The molecule has 170 valence electrons. The number of aromatic nitrogens is 1. The fraction of sp³-hybridized carbons (Fsp3) is 0.654. The maximum Gasteiger partial charge on any atom is 0.185 e. The van der Waals surface area contributed by atoms with Gasteiger partial charge in [0.25, 0.3) is 0 Å². The summed E-state index contributed by atoms with van der Waals surface area (Å²) in [5.74, 6) is 0. The van der Waals surface area contributed by atoms with Crippen molar-refractivity contribution in [2.45, 2.75) is 83.1 Å². The van der Waals surface area contributed by atoms with E-state index < -0.39 is 0 Å². The zero-order valence-corrected chi connectivity index (χ0v) is 20.1. The third-order valence-corrected chi connectivity index (χ3v) is 8.60. The summed E-state index contributed by atoms with van der Waals surface area (Å²) in [6, 6.07) is 7.75. The first-order valence-electron chi connectivity index (χ1n) is 12.4. The van der Waals surface area contributed by atoms with Crippen LogP contribution in [0.1, 0.15) is 76.3 Å². The number of thiazole rings is 1. The molecule has 0 spiro atoms. The average molecular weight is 442 g/mol. The number of anilines is 1. The molecule has 1 aliphatic carbocycles. The molecule has 0 unspecified atom stereocenters. The quantitative estimate of drug-likeness (QED) is 0.502. The summed E-state index contributed by atoms with van der Waals surface area (Å²) in [6.45, 7) is 8.17. The summed E-state index contributed by atoms with van der Waals surface area (Å²) in [5, 5.41) is 16.0. The Morgan fingerprint density at radius 3 is 2.74 bits per heavy atom. The summed E-state index contributed by atoms with van der Waals surface area (Å²) in [6.07, 6.45) is 10.6. The molecule has 0 atom stereocenters. The number of aliphatic hydroxyl groups excluding tert-OH is 1. The smallest absolute Gasteiger partial charge is 0.185 e. The first-order chi connectivity index (χ1) is 15.2. The predicted molar refractivity (Wildman–Crippen MR) is 132 cm³/mol. The van der Waals surface area contributed by atoms with Crippen LogP contribution in [0.4, 0.5) is 5.13 Å². The molecule has 2 aromatic rings. The van der Waals surface area contributed by atoms with Crippen molar-refractivity contribution < 1.29 is 5.11 Å². The lowest BCUT2D eigenvalue weighted by molar-refractivity contribution is 0.281. The van der Waals surface area contributed by atoms with Crippen molar-refractivity contribution in [3.05, 3.63) is 34.7 Å². The van der Waals surface area contributed by atoms with Crippen molar-refractivity contribution in [3.63, 3.8) is 0 Å². The molecule has 2 heterocycles. The van der Waals surface area contributed by atoms with E-state index in [4.69, 9.17) is 10.1 Å². The Hall–Kier alpha value is -1.43. The maximum atomic E-state index is 8.91. The summed E-state index contributed by atoms with van der Waals surface area (Å²) in [5.41, 5.74) is 5.95. The van der Waals surface area contributed by atoms with E-state index in [1.54, 1.807) is 22.5 Å². The fourth-order valence-corrected chi connectivity index (χ4v) is 6.46. The molecule has 5 heteroatoms. The number of hydrogen-bond donors (Lipinski definition) is 2. The highest BCUT2D eigenvalue weighted by Crippen LogP contribution is 2.43. The van der Waals surface area contributed by atoms with Crippen LogP contribution in [0.2, 0.25) is 0 Å². The van der Waals surface area contributed by atoms with E-state index in [2.05, 4.69) is 47.6 Å². The summed E-state index contributed by atoms with van der Waals surface area (Å²) < 4.78 is 0. The second-order valence-corrected chi connectivity index (χ2v) is 10.2. The molecule has 0 saturated carbocycles. The molecule has 1 fully saturated rings. The first kappa shape index (κ1) is 22.8. The second kappa shape index (κ2) is 10.5. The second-order valence-electron chi connectivity index (χ2n) is 9.37. The van der Waals surface area contributed by atoms with Crippen LogP contribution in [-0.2, 0) is 11.8 Å². The highest BCUT2D eigenvalue weighted by Gasteiger charge is 2.33. The topological polar surface area (TPSA) is 48.4 Å². The number of benzene rings is 1. The number of nitrogens with one attached hydrogen (secondary N) is 1. The summed E-state index contributed by atoms with van der Waals surface area (Å²) in [7, 11) is 0. The Morgan fingerprint density at radius 1 is 1.19 bits per heavy atom. The predicted octanol–water partition coefficient (Wildman–Crippen LogP) is 5.54. The Labute approximate surface area is 192 Å². The van der Waals surface area contributed by atoms with Crippen LogP contribution in [0.3, 0.4) is 0 Å². The van der Waals surface area contributed by atoms with E-state index in [9.17, 15) is 0 Å². The van der Waals surface area contributed by atoms with Gasteiger partial charge in [-0.1, -0.05) is 26.0 Å². The monoisotopic (exact) mass is 441 g/mol. The van der Waals surface area contributed by atoms with E-state index in [0.29, 0.717) is 18.1 Å². The number of aryl methyl sites for hydroxylation is 1. The zero-order valence-electron chi connectivity index (χ0n) is 19.3. The zero-order chi connectivity index (χ0) is 21.7. The molecule has 0 amide bonds. The van der Waals surface area contributed by atoms with E-state index in [1.165, 1.54) is 55.6 Å². The van der Waals surface area contributed by atoms with E-state index >= 15 is 0 Å². The first-order valence-corrected chi connectivity index (χ1v) is 13.3. The molecule has 1 saturated heterocycles. The Kier molecular flexibility index (Phi) is 7.68. The van der Waals surface area contributed by atoms with Crippen molar-refractivity contribution in [2.75, 3.05) is 31.1 Å². The number of rotatable bonds is 9. The van der Waals surface area contributed by atoms with Gasteiger partial charge in [0.05, 0.1) is 5.69 Å². The number of fused-ring (bicyclic) bond motifs is 1. The van der Waals surface area contributed by atoms with Gasteiger partial charge in [-0.15, -0.1) is 11.3 Å². The van der Waals surface area contributed by atoms with Crippen molar-refractivity contribution in [2.24, 2.45) is 0 Å². The van der Waals surface area contributed by atoms with Gasteiger partial charge in [-0.25, -0.2) is 4.98 Å². The van der Waals surface area contributed by atoms with Gasteiger partial charge in [-0.05, 0) is 86.9 Å². The fourth-order valence-electron chi connectivity index (χ4n) is 5.57. The molecule has 1 aromatic carbocycles. The minimum absolute atomic E-state index is 0.300. The van der Waals surface area contributed by atoms with E-state index in [0.717, 1.165) is 38.2 Å². The highest BCUT2D eigenvalue weighted by molar-refractivity contribution is 7.14. The van der Waals surface area contributed by atoms with Crippen LogP contribution in [0.5, 0.6) is 0 Å². The van der Waals surface area contributed by atoms with Crippen molar-refractivity contribution in [1.29, 1.82) is 0 Å². The molecule has 2 aliphatic rings. The minimum Gasteiger partial charge on any atom is -0.396 e. The van der Waals surface area contributed by atoms with Crippen molar-refractivity contribution >= 4 is 16.5 Å². The van der Waals surface area contributed by atoms with Gasteiger partial charge in [0.2, 0.25) is 0 Å². The third-order valence-electron chi connectivity index (χ3n) is 7.70. The molecule has 31 heavy (non-hydrogen) atoms. The molecular formula is C26H39N3OS. The lowest BCUT2D eigenvalue weighted by Crippen LogP contribution is -2.42. The van der Waals surface area contributed by atoms with E-state index in [1.807, 2.05) is 0 Å². The van der Waals surface area contributed by atoms with Gasteiger partial charge < -0.3 is 15.3 Å². The number of unbranched alkanes of at least 4 members (excludes halogenated alkanes) is 1. The lowest BCUT2D eigenvalue weighted by Gasteiger charge is -2.38. The highest BCUT2D eigenvalue weighted by atomic mass is 32.1. The summed E-state index contributed by atoms with van der Waals surface area (Å²) in [4.78, 5) is 7.49. The molecule has 4 rings (SSSR count). The Morgan fingerprint density at radius 2 is 2.00 bits per heavy atom. The van der Waals surface area contributed by atoms with Crippen LogP contribution in [0.15, 0.2) is 23.6 Å². The maximum absolute atomic E-state index is 8.91. The molecule has 0 bridgehead atoms. The molecule has 2 N–H and O–H groups in total. The Bertz CT molecular complexity index is 837. The minimum atomic E-state index is 0.300. The SMILES string of the molecule is CCC1(CC)CCCc2cc(-c3csc(N4CCC(NCCCCO)CC4)n3)ccc21. The van der Waals surface area contributed by atoms with Gasteiger partial charge in [0, 0.05) is 36.7 Å². The van der Waals surface area contributed by atoms with Gasteiger partial charge in [-0.3, -0.25) is 0 Å². The number of hydrogen-bond acceptors (Lipinski definition) is 5. The normalized spacial score (nSPS) is 18.9. The Balaban J connectivity index is 1.40. The standard InChI is InChI=1S/C26H39N3OS/c1-3-26(4-2)13-7-8-20-18-21(9-10-23(20)26)24-19-31-25(28-24)29-15-11-22(12-16-29)27-14-5-6-17-30/h9-10,18-19,22,27,30H,3-8,11-17H2,1-2H3. The van der Waals surface area contributed by atoms with Gasteiger partial charge >= 0.3 is 0 Å². The van der Waals surface area contributed by atoms with E-state index in [-0.39, 0.29) is 0 Å². The van der Waals surface area contributed by atoms with Crippen LogP contribution in [-0.4, -0.2) is 42.4 Å². The molecule has 1 aromatic heterocycles. The molecule has 4 nitrogen and oxygen atoms in total. The molecular weight excluding hydrogens is 402 g/mol. The molecule has 1 aliphatic heterocycles. The van der Waals surface area contributed by atoms with Crippen LogP contribution >= 0.6 is 11.3 Å². The number of nitrogens with zero attached hydrogens (tertiary/aromatic N) is 2. The van der Waals surface area contributed by atoms with Crippen molar-refractivity contribution in [3.8, 4) is 11.3 Å². The van der Waals surface area contributed by atoms with Crippen LogP contribution < -0.4 is 10.2 Å². The van der Waals surface area contributed by atoms with Crippen LogP contribution in [0.25, 0.3) is 11.3 Å². The van der Waals surface area contributed by atoms with Gasteiger partial charge in [-0.2, -0.15) is 0 Å². The number of piperidine rings is 1. The van der Waals surface area contributed by atoms with Crippen molar-refractivity contribution in [1.82, 2.24) is 10.3 Å². The van der Waals surface area contributed by atoms with Gasteiger partial charge in [0.1, 0.15) is 0 Å². The average Bonchev–Trinajstić information content (AvgIpc) is 3.32. The summed E-state index contributed by atoms with van der Waals surface area (Å²) >= 11 is 1.79. The lowest BCUT2D eigenvalue weighted by atomic mass is 9.66. The third kappa shape index (κ3) is 4.99. The number of aliphatic hydroxyl groups is 1. The van der Waals surface area contributed by atoms with Gasteiger partial charge in [0.15, 0.2) is 5.13 Å². The van der Waals surface area contributed by atoms with Crippen LogP contribution in [0, 0.1) is 0 Å².